The molecular formula is C11H10BrN3O2. The van der Waals surface area contributed by atoms with Crippen molar-refractivity contribution in [3.8, 4) is 0 Å². The van der Waals surface area contributed by atoms with Crippen molar-refractivity contribution in [2.24, 2.45) is 10.9 Å². The SMILES string of the molecule is N/C(Cn1ccc(=O)c2cc(Br)ccc21)=N\O. The molecule has 17 heavy (non-hydrogen) atoms. The molecule has 0 aliphatic rings. The van der Waals surface area contributed by atoms with Gasteiger partial charge in [0, 0.05) is 22.1 Å². The van der Waals surface area contributed by atoms with Crippen LogP contribution >= 0.6 is 15.9 Å². The zero-order valence-corrected chi connectivity index (χ0v) is 10.4. The highest BCUT2D eigenvalue weighted by molar-refractivity contribution is 9.10. The summed E-state index contributed by atoms with van der Waals surface area (Å²) in [7, 11) is 0. The average molecular weight is 296 g/mol. The maximum Gasteiger partial charge on any atom is 0.189 e. The van der Waals surface area contributed by atoms with E-state index in [9.17, 15) is 4.79 Å². The van der Waals surface area contributed by atoms with Gasteiger partial charge in [-0.15, -0.1) is 0 Å². The lowest BCUT2D eigenvalue weighted by Gasteiger charge is -2.09. The molecule has 2 aromatic rings. The van der Waals surface area contributed by atoms with Gasteiger partial charge in [-0.3, -0.25) is 4.79 Å². The van der Waals surface area contributed by atoms with E-state index >= 15 is 0 Å². The Balaban J connectivity index is 2.66. The maximum absolute atomic E-state index is 11.7. The maximum atomic E-state index is 11.7. The highest BCUT2D eigenvalue weighted by Gasteiger charge is 2.04. The second-order valence-corrected chi connectivity index (χ2v) is 4.48. The molecule has 1 aromatic heterocycles. The van der Waals surface area contributed by atoms with Gasteiger partial charge in [-0.1, -0.05) is 21.1 Å². The summed E-state index contributed by atoms with van der Waals surface area (Å²) >= 11 is 3.32. The third kappa shape index (κ3) is 2.31. The van der Waals surface area contributed by atoms with E-state index in [4.69, 9.17) is 10.9 Å². The van der Waals surface area contributed by atoms with Crippen LogP contribution in [0.5, 0.6) is 0 Å². The number of aromatic nitrogens is 1. The van der Waals surface area contributed by atoms with Crippen molar-refractivity contribution in [2.75, 3.05) is 0 Å². The van der Waals surface area contributed by atoms with Crippen molar-refractivity contribution in [3.63, 3.8) is 0 Å². The van der Waals surface area contributed by atoms with Crippen LogP contribution in [0.15, 0.2) is 44.9 Å². The van der Waals surface area contributed by atoms with Crippen molar-refractivity contribution in [1.82, 2.24) is 4.57 Å². The fourth-order valence-electron chi connectivity index (χ4n) is 1.63. The zero-order chi connectivity index (χ0) is 12.4. The van der Waals surface area contributed by atoms with Gasteiger partial charge in [-0.25, -0.2) is 0 Å². The van der Waals surface area contributed by atoms with Gasteiger partial charge in [0.05, 0.1) is 12.1 Å². The Labute approximate surface area is 105 Å². The quantitative estimate of drug-likeness (QED) is 0.381. The number of hydrogen-bond acceptors (Lipinski definition) is 3. The Hall–Kier alpha value is -1.82. The third-order valence-electron chi connectivity index (χ3n) is 2.40. The predicted molar refractivity (Wildman–Crippen MR) is 69.3 cm³/mol. The fourth-order valence-corrected chi connectivity index (χ4v) is 1.99. The van der Waals surface area contributed by atoms with E-state index in [1.807, 2.05) is 12.1 Å². The molecule has 0 amide bonds. The molecule has 5 nitrogen and oxygen atoms in total. The van der Waals surface area contributed by atoms with Gasteiger partial charge >= 0.3 is 0 Å². The van der Waals surface area contributed by atoms with Crippen LogP contribution in [0.25, 0.3) is 10.9 Å². The molecule has 1 heterocycles. The Morgan fingerprint density at radius 2 is 2.24 bits per heavy atom. The molecule has 0 unspecified atom stereocenters. The lowest BCUT2D eigenvalue weighted by Crippen LogP contribution is -2.20. The number of pyridine rings is 1. The van der Waals surface area contributed by atoms with E-state index in [1.54, 1.807) is 16.8 Å². The summed E-state index contributed by atoms with van der Waals surface area (Å²) in [5.74, 6) is 0.0814. The number of nitrogens with two attached hydrogens (primary N) is 1. The van der Waals surface area contributed by atoms with E-state index < -0.39 is 0 Å². The van der Waals surface area contributed by atoms with Crippen LogP contribution in [-0.2, 0) is 6.54 Å². The van der Waals surface area contributed by atoms with Crippen LogP contribution in [-0.4, -0.2) is 15.6 Å². The molecule has 0 spiro atoms. The van der Waals surface area contributed by atoms with Crippen molar-refractivity contribution in [2.45, 2.75) is 6.54 Å². The Kier molecular flexibility index (Phi) is 3.14. The van der Waals surface area contributed by atoms with Crippen LogP contribution in [0.2, 0.25) is 0 Å². The first-order valence-electron chi connectivity index (χ1n) is 4.87. The van der Waals surface area contributed by atoms with Gasteiger partial charge in [0.1, 0.15) is 0 Å². The molecular weight excluding hydrogens is 286 g/mol. The Bertz CT molecular complexity index is 649. The molecule has 88 valence electrons. The number of benzene rings is 1. The molecule has 3 N–H and O–H groups in total. The Morgan fingerprint density at radius 3 is 2.94 bits per heavy atom. The van der Waals surface area contributed by atoms with Gasteiger partial charge in [0.15, 0.2) is 11.3 Å². The summed E-state index contributed by atoms with van der Waals surface area (Å²) in [6.45, 7) is 0.231. The lowest BCUT2D eigenvalue weighted by atomic mass is 10.2. The van der Waals surface area contributed by atoms with Crippen molar-refractivity contribution in [3.05, 3.63) is 45.2 Å². The van der Waals surface area contributed by atoms with Crippen LogP contribution in [0, 0.1) is 0 Å². The highest BCUT2D eigenvalue weighted by Crippen LogP contribution is 2.16. The minimum Gasteiger partial charge on any atom is -0.409 e. The number of oxime groups is 1. The van der Waals surface area contributed by atoms with Crippen molar-refractivity contribution < 1.29 is 5.21 Å². The van der Waals surface area contributed by atoms with E-state index in [0.29, 0.717) is 5.39 Å². The minimum absolute atomic E-state index is 0.0583. The molecule has 0 fully saturated rings. The van der Waals surface area contributed by atoms with Crippen LogP contribution in [0.4, 0.5) is 0 Å². The lowest BCUT2D eigenvalue weighted by molar-refractivity contribution is 0.316. The third-order valence-corrected chi connectivity index (χ3v) is 2.89. The van der Waals surface area contributed by atoms with Gasteiger partial charge in [0.25, 0.3) is 0 Å². The largest absolute Gasteiger partial charge is 0.409 e. The van der Waals surface area contributed by atoms with Crippen LogP contribution in [0.1, 0.15) is 0 Å². The van der Waals surface area contributed by atoms with Crippen LogP contribution in [0.3, 0.4) is 0 Å². The summed E-state index contributed by atoms with van der Waals surface area (Å²) in [5, 5.41) is 12.1. The smallest absolute Gasteiger partial charge is 0.189 e. The number of halogens is 1. The average Bonchev–Trinajstić information content (AvgIpc) is 2.33. The first kappa shape index (κ1) is 11.7. The van der Waals surface area contributed by atoms with E-state index in [0.717, 1.165) is 9.99 Å². The molecule has 0 radical (unpaired) electrons. The number of amidine groups is 1. The molecule has 0 saturated heterocycles. The highest BCUT2D eigenvalue weighted by atomic mass is 79.9. The first-order valence-corrected chi connectivity index (χ1v) is 5.66. The van der Waals surface area contributed by atoms with Gasteiger partial charge in [-0.2, -0.15) is 0 Å². The minimum atomic E-state index is -0.0583. The predicted octanol–water partition coefficient (Wildman–Crippen LogP) is 1.51. The van der Waals surface area contributed by atoms with Crippen molar-refractivity contribution >= 4 is 32.7 Å². The Morgan fingerprint density at radius 1 is 1.47 bits per heavy atom. The first-order chi connectivity index (χ1) is 8.11. The van der Waals surface area contributed by atoms with E-state index in [-0.39, 0.29) is 17.8 Å². The summed E-state index contributed by atoms with van der Waals surface area (Å²) in [6.07, 6.45) is 1.62. The molecule has 0 aliphatic carbocycles. The van der Waals surface area contributed by atoms with Gasteiger partial charge in [0.2, 0.25) is 0 Å². The summed E-state index contributed by atoms with van der Waals surface area (Å²) in [4.78, 5) is 11.7. The summed E-state index contributed by atoms with van der Waals surface area (Å²) in [6, 6.07) is 6.86. The van der Waals surface area contributed by atoms with E-state index in [2.05, 4.69) is 21.1 Å². The number of nitrogens with zero attached hydrogens (tertiary/aromatic N) is 2. The number of rotatable bonds is 2. The standard InChI is InChI=1S/C11H10BrN3O2/c12-7-1-2-9-8(5-7)10(16)3-4-15(9)6-11(13)14-17/h1-5,17H,6H2,(H2,13,14). The molecule has 6 heteroatoms. The number of fused-ring (bicyclic) bond motifs is 1. The second-order valence-electron chi connectivity index (χ2n) is 3.56. The van der Waals surface area contributed by atoms with Gasteiger partial charge in [-0.05, 0) is 18.2 Å². The molecule has 0 bridgehead atoms. The summed E-state index contributed by atoms with van der Waals surface area (Å²) in [5.41, 5.74) is 6.14. The second kappa shape index (κ2) is 4.58. The number of hydrogen-bond donors (Lipinski definition) is 2. The van der Waals surface area contributed by atoms with Crippen LogP contribution < -0.4 is 11.2 Å². The summed E-state index contributed by atoms with van der Waals surface area (Å²) < 4.78 is 2.58. The zero-order valence-electron chi connectivity index (χ0n) is 8.80. The monoisotopic (exact) mass is 295 g/mol. The fraction of sp³-hybridized carbons (Fsp3) is 0.0909. The molecule has 0 saturated carbocycles. The van der Waals surface area contributed by atoms with Crippen molar-refractivity contribution in [1.29, 1.82) is 0 Å². The molecule has 0 atom stereocenters. The van der Waals surface area contributed by atoms with E-state index in [1.165, 1.54) is 6.07 Å². The molecule has 1 aromatic carbocycles. The molecule has 2 rings (SSSR count). The normalized spacial score (nSPS) is 11.9. The topological polar surface area (TPSA) is 80.6 Å². The van der Waals surface area contributed by atoms with Gasteiger partial charge < -0.3 is 15.5 Å². The molecule has 0 aliphatic heterocycles.